The van der Waals surface area contributed by atoms with Crippen LogP contribution in [-0.2, 0) is 9.53 Å². The van der Waals surface area contributed by atoms with E-state index in [4.69, 9.17) is 10.5 Å². The van der Waals surface area contributed by atoms with Crippen LogP contribution in [0.2, 0.25) is 0 Å². The average Bonchev–Trinajstić information content (AvgIpc) is 2.87. The van der Waals surface area contributed by atoms with E-state index in [1.807, 2.05) is 24.3 Å². The third kappa shape index (κ3) is 3.89. The van der Waals surface area contributed by atoms with Gasteiger partial charge in [-0.3, -0.25) is 4.79 Å². The molecule has 0 radical (unpaired) electrons. The molecule has 1 aliphatic heterocycles. The summed E-state index contributed by atoms with van der Waals surface area (Å²) in [6.07, 6.45) is 4.32. The van der Waals surface area contributed by atoms with Gasteiger partial charge in [0, 0.05) is 30.8 Å². The first-order valence-electron chi connectivity index (χ1n) is 6.13. The molecule has 2 rings (SSSR count). The molecule has 1 aliphatic rings. The molecule has 4 nitrogen and oxygen atoms in total. The minimum Gasteiger partial charge on any atom is -0.399 e. The molecule has 0 bridgehead atoms. The van der Waals surface area contributed by atoms with Gasteiger partial charge in [0.2, 0.25) is 5.91 Å². The molecule has 0 spiro atoms. The van der Waals surface area contributed by atoms with Gasteiger partial charge in [0.1, 0.15) is 0 Å². The van der Waals surface area contributed by atoms with Crippen LogP contribution in [0.3, 0.4) is 0 Å². The van der Waals surface area contributed by atoms with Crippen LogP contribution >= 0.6 is 0 Å². The quantitative estimate of drug-likeness (QED) is 0.624. The van der Waals surface area contributed by atoms with Gasteiger partial charge in [0.05, 0.1) is 6.61 Å². The summed E-state index contributed by atoms with van der Waals surface area (Å²) in [6, 6.07) is 7.42. The van der Waals surface area contributed by atoms with Gasteiger partial charge in [0.15, 0.2) is 0 Å². The monoisotopic (exact) mass is 246 g/mol. The molecule has 1 amide bonds. The van der Waals surface area contributed by atoms with Crippen molar-refractivity contribution in [1.29, 1.82) is 0 Å². The van der Waals surface area contributed by atoms with Crippen molar-refractivity contribution in [2.45, 2.75) is 6.42 Å². The number of hydrogen-bond acceptors (Lipinski definition) is 3. The van der Waals surface area contributed by atoms with Crippen molar-refractivity contribution in [1.82, 2.24) is 5.32 Å². The standard InChI is InChI=1S/C14H18N2O2/c15-13-3-1-2-11(8-13)4-5-14(17)16-9-12-6-7-18-10-12/h1-5,8,12H,6-7,9-10,15H2,(H,16,17)/b5-4+. The van der Waals surface area contributed by atoms with Crippen LogP contribution in [0.5, 0.6) is 0 Å². The number of nitrogens with two attached hydrogens (primary N) is 1. The van der Waals surface area contributed by atoms with E-state index in [9.17, 15) is 4.79 Å². The summed E-state index contributed by atoms with van der Waals surface area (Å²) < 4.78 is 5.25. The summed E-state index contributed by atoms with van der Waals surface area (Å²) in [5, 5.41) is 2.87. The van der Waals surface area contributed by atoms with Crippen LogP contribution in [0.25, 0.3) is 6.08 Å². The molecule has 1 saturated heterocycles. The molecular weight excluding hydrogens is 228 g/mol. The van der Waals surface area contributed by atoms with Gasteiger partial charge in [-0.05, 0) is 30.2 Å². The molecule has 3 N–H and O–H groups in total. The summed E-state index contributed by atoms with van der Waals surface area (Å²) >= 11 is 0. The summed E-state index contributed by atoms with van der Waals surface area (Å²) in [7, 11) is 0. The SMILES string of the molecule is Nc1cccc(/C=C/C(=O)NCC2CCOC2)c1. The maximum atomic E-state index is 11.6. The molecule has 96 valence electrons. The molecule has 18 heavy (non-hydrogen) atoms. The van der Waals surface area contributed by atoms with Gasteiger partial charge in [-0.15, -0.1) is 0 Å². The molecule has 1 heterocycles. The molecule has 1 unspecified atom stereocenters. The van der Waals surface area contributed by atoms with E-state index in [0.717, 1.165) is 25.2 Å². The molecule has 1 aromatic rings. The van der Waals surface area contributed by atoms with Crippen molar-refractivity contribution in [3.05, 3.63) is 35.9 Å². The second kappa shape index (κ2) is 6.21. The van der Waals surface area contributed by atoms with E-state index in [-0.39, 0.29) is 5.91 Å². The van der Waals surface area contributed by atoms with E-state index in [2.05, 4.69) is 5.32 Å². The zero-order valence-corrected chi connectivity index (χ0v) is 10.3. The summed E-state index contributed by atoms with van der Waals surface area (Å²) in [4.78, 5) is 11.6. The van der Waals surface area contributed by atoms with Crippen LogP contribution in [0.1, 0.15) is 12.0 Å². The average molecular weight is 246 g/mol. The molecule has 0 aliphatic carbocycles. The van der Waals surface area contributed by atoms with Gasteiger partial charge in [-0.2, -0.15) is 0 Å². The van der Waals surface area contributed by atoms with Gasteiger partial charge in [-0.1, -0.05) is 12.1 Å². The molecule has 1 aromatic carbocycles. The minimum absolute atomic E-state index is 0.0793. The number of nitrogens with one attached hydrogen (secondary N) is 1. The fraction of sp³-hybridized carbons (Fsp3) is 0.357. The molecule has 0 saturated carbocycles. The second-order valence-electron chi connectivity index (χ2n) is 4.48. The number of carbonyl (C=O) groups excluding carboxylic acids is 1. The first-order valence-corrected chi connectivity index (χ1v) is 6.13. The van der Waals surface area contributed by atoms with Gasteiger partial charge < -0.3 is 15.8 Å². The van der Waals surface area contributed by atoms with Crippen LogP contribution < -0.4 is 11.1 Å². The molecule has 4 heteroatoms. The molecule has 0 aromatic heterocycles. The predicted octanol–water partition coefficient (Wildman–Crippen LogP) is 1.43. The lowest BCUT2D eigenvalue weighted by Crippen LogP contribution is -2.27. The van der Waals surface area contributed by atoms with Gasteiger partial charge in [-0.25, -0.2) is 0 Å². The summed E-state index contributed by atoms with van der Waals surface area (Å²) in [5.74, 6) is 0.374. The Labute approximate surface area is 107 Å². The highest BCUT2D eigenvalue weighted by molar-refractivity contribution is 5.91. The van der Waals surface area contributed by atoms with Crippen LogP contribution in [0.4, 0.5) is 5.69 Å². The fourth-order valence-corrected chi connectivity index (χ4v) is 1.88. The maximum Gasteiger partial charge on any atom is 0.244 e. The van der Waals surface area contributed by atoms with Crippen molar-refractivity contribution in [2.24, 2.45) is 5.92 Å². The Morgan fingerprint density at radius 3 is 3.17 bits per heavy atom. The van der Waals surface area contributed by atoms with Gasteiger partial charge >= 0.3 is 0 Å². The number of amides is 1. The lowest BCUT2D eigenvalue weighted by Gasteiger charge is -2.07. The fourth-order valence-electron chi connectivity index (χ4n) is 1.88. The predicted molar refractivity (Wildman–Crippen MR) is 71.8 cm³/mol. The van der Waals surface area contributed by atoms with Gasteiger partial charge in [0.25, 0.3) is 0 Å². The highest BCUT2D eigenvalue weighted by atomic mass is 16.5. The lowest BCUT2D eigenvalue weighted by molar-refractivity contribution is -0.116. The van der Waals surface area contributed by atoms with E-state index < -0.39 is 0 Å². The first kappa shape index (κ1) is 12.6. The van der Waals surface area contributed by atoms with Crippen molar-refractivity contribution >= 4 is 17.7 Å². The second-order valence-corrected chi connectivity index (χ2v) is 4.48. The largest absolute Gasteiger partial charge is 0.399 e. The lowest BCUT2D eigenvalue weighted by atomic mass is 10.1. The number of benzene rings is 1. The Bertz CT molecular complexity index is 437. The van der Waals surface area contributed by atoms with Crippen LogP contribution in [0, 0.1) is 5.92 Å². The first-order chi connectivity index (χ1) is 8.74. The highest BCUT2D eigenvalue weighted by Crippen LogP contribution is 2.11. The number of carbonyl (C=O) groups is 1. The van der Waals surface area contributed by atoms with E-state index >= 15 is 0 Å². The zero-order valence-electron chi connectivity index (χ0n) is 10.3. The van der Waals surface area contributed by atoms with Crippen molar-refractivity contribution in [2.75, 3.05) is 25.5 Å². The maximum absolute atomic E-state index is 11.6. The molecule has 1 fully saturated rings. The Hall–Kier alpha value is -1.81. The van der Waals surface area contributed by atoms with Crippen molar-refractivity contribution in [3.8, 4) is 0 Å². The highest BCUT2D eigenvalue weighted by Gasteiger charge is 2.15. The number of rotatable bonds is 4. The third-order valence-electron chi connectivity index (χ3n) is 2.93. The molecule has 1 atom stereocenters. The van der Waals surface area contributed by atoms with Crippen LogP contribution in [-0.4, -0.2) is 25.7 Å². The third-order valence-corrected chi connectivity index (χ3v) is 2.93. The van der Waals surface area contributed by atoms with E-state index in [1.54, 1.807) is 6.08 Å². The van der Waals surface area contributed by atoms with Crippen LogP contribution in [0.15, 0.2) is 30.3 Å². The number of ether oxygens (including phenoxy) is 1. The van der Waals surface area contributed by atoms with E-state index in [1.165, 1.54) is 6.08 Å². The number of anilines is 1. The zero-order chi connectivity index (χ0) is 12.8. The number of nitrogen functional groups attached to an aromatic ring is 1. The normalized spacial score (nSPS) is 19.2. The van der Waals surface area contributed by atoms with E-state index in [0.29, 0.717) is 18.2 Å². The Morgan fingerprint density at radius 1 is 1.56 bits per heavy atom. The smallest absolute Gasteiger partial charge is 0.244 e. The Balaban J connectivity index is 1.79. The minimum atomic E-state index is -0.0793. The van der Waals surface area contributed by atoms with Crippen molar-refractivity contribution < 1.29 is 9.53 Å². The Morgan fingerprint density at radius 2 is 2.44 bits per heavy atom. The summed E-state index contributed by atoms with van der Waals surface area (Å²) in [5.41, 5.74) is 7.28. The molecular formula is C14H18N2O2. The summed E-state index contributed by atoms with van der Waals surface area (Å²) in [6.45, 7) is 2.24. The topological polar surface area (TPSA) is 64.4 Å². The number of hydrogen-bond donors (Lipinski definition) is 2. The Kier molecular flexibility index (Phi) is 4.36. The van der Waals surface area contributed by atoms with Crippen molar-refractivity contribution in [3.63, 3.8) is 0 Å².